The third-order valence-electron chi connectivity index (χ3n) is 2.69. The Balaban J connectivity index is 3.21. The average molecular weight is 308 g/mol. The molecule has 0 bridgehead atoms. The van der Waals surface area contributed by atoms with E-state index in [9.17, 15) is 13.2 Å². The molecule has 0 spiro atoms. The van der Waals surface area contributed by atoms with Crippen LogP contribution in [0.4, 0.5) is 24.9 Å². The van der Waals surface area contributed by atoms with Gasteiger partial charge in [-0.2, -0.15) is 18.2 Å². The number of anilines is 2. The van der Waals surface area contributed by atoms with Crippen molar-refractivity contribution in [3.8, 4) is 0 Å². The van der Waals surface area contributed by atoms with Crippen molar-refractivity contribution in [3.63, 3.8) is 0 Å². The van der Waals surface area contributed by atoms with Crippen molar-refractivity contribution < 1.29 is 23.4 Å². The highest BCUT2D eigenvalue weighted by atomic mass is 19.4. The highest BCUT2D eigenvalue weighted by Crippen LogP contribution is 2.30. The van der Waals surface area contributed by atoms with Crippen LogP contribution in [0.3, 0.4) is 0 Å². The molecule has 6 nitrogen and oxygen atoms in total. The first kappa shape index (κ1) is 17.4. The second kappa shape index (κ2) is 7.41. The van der Waals surface area contributed by atoms with Gasteiger partial charge in [-0.1, -0.05) is 0 Å². The molecule has 21 heavy (non-hydrogen) atoms. The first-order valence-electron chi connectivity index (χ1n) is 6.40. The van der Waals surface area contributed by atoms with Crippen molar-refractivity contribution in [2.45, 2.75) is 12.6 Å². The molecule has 0 aliphatic heterocycles. The number of aromatic nitrogens is 2. The Morgan fingerprint density at radius 3 is 2.24 bits per heavy atom. The molecule has 1 rings (SSSR count). The van der Waals surface area contributed by atoms with Crippen molar-refractivity contribution in [1.82, 2.24) is 9.97 Å². The average Bonchev–Trinajstić information content (AvgIpc) is 2.42. The zero-order valence-corrected chi connectivity index (χ0v) is 11.9. The van der Waals surface area contributed by atoms with Gasteiger partial charge in [0.2, 0.25) is 5.95 Å². The monoisotopic (exact) mass is 308 g/mol. The molecule has 0 saturated carbocycles. The Hall–Kier alpha value is -1.61. The molecule has 120 valence electrons. The Morgan fingerprint density at radius 1 is 1.10 bits per heavy atom. The lowest BCUT2D eigenvalue weighted by atomic mass is 10.3. The maximum Gasteiger partial charge on any atom is 0.433 e. The van der Waals surface area contributed by atoms with E-state index in [0.29, 0.717) is 6.42 Å². The molecule has 0 atom stereocenters. The summed E-state index contributed by atoms with van der Waals surface area (Å²) >= 11 is 0. The van der Waals surface area contributed by atoms with Gasteiger partial charge in [-0.25, -0.2) is 4.98 Å². The van der Waals surface area contributed by atoms with Gasteiger partial charge >= 0.3 is 6.18 Å². The smallest absolute Gasteiger partial charge is 0.396 e. The number of alkyl halides is 3. The SMILES string of the molecule is CN(C)c1cc(C(F)(F)F)nc(N(CCO)CCCO)n1. The lowest BCUT2D eigenvalue weighted by Crippen LogP contribution is -2.31. The van der Waals surface area contributed by atoms with E-state index in [-0.39, 0.29) is 38.1 Å². The van der Waals surface area contributed by atoms with Gasteiger partial charge in [0.15, 0.2) is 5.69 Å². The fraction of sp³-hybridized carbons (Fsp3) is 0.667. The Morgan fingerprint density at radius 2 is 1.76 bits per heavy atom. The maximum absolute atomic E-state index is 12.9. The van der Waals surface area contributed by atoms with Crippen LogP contribution in [0.5, 0.6) is 0 Å². The fourth-order valence-electron chi connectivity index (χ4n) is 1.63. The number of hydrogen-bond donors (Lipinski definition) is 2. The number of aliphatic hydroxyl groups is 2. The van der Waals surface area contributed by atoms with Crippen LogP contribution < -0.4 is 9.80 Å². The summed E-state index contributed by atoms with van der Waals surface area (Å²) in [5.74, 6) is 0.00953. The van der Waals surface area contributed by atoms with Crippen LogP contribution >= 0.6 is 0 Å². The van der Waals surface area contributed by atoms with E-state index >= 15 is 0 Å². The van der Waals surface area contributed by atoms with E-state index in [1.54, 1.807) is 14.1 Å². The van der Waals surface area contributed by atoms with Gasteiger partial charge in [-0.05, 0) is 6.42 Å². The van der Waals surface area contributed by atoms with Crippen LogP contribution in [0.2, 0.25) is 0 Å². The van der Waals surface area contributed by atoms with Crippen LogP contribution in [-0.4, -0.2) is 60.6 Å². The van der Waals surface area contributed by atoms with Crippen molar-refractivity contribution in [1.29, 1.82) is 0 Å². The van der Waals surface area contributed by atoms with Crippen molar-refractivity contribution >= 4 is 11.8 Å². The van der Waals surface area contributed by atoms with Gasteiger partial charge in [0.1, 0.15) is 5.82 Å². The van der Waals surface area contributed by atoms with E-state index < -0.39 is 11.9 Å². The van der Waals surface area contributed by atoms with E-state index in [4.69, 9.17) is 10.2 Å². The predicted octanol–water partition coefficient (Wildman–Crippen LogP) is 0.742. The summed E-state index contributed by atoms with van der Waals surface area (Å²) in [6.45, 7) is -0.0107. The third kappa shape index (κ3) is 5.01. The van der Waals surface area contributed by atoms with Crippen LogP contribution in [0.15, 0.2) is 6.07 Å². The summed E-state index contributed by atoms with van der Waals surface area (Å²) in [4.78, 5) is 10.5. The topological polar surface area (TPSA) is 72.7 Å². The first-order valence-corrected chi connectivity index (χ1v) is 6.40. The highest BCUT2D eigenvalue weighted by molar-refractivity contribution is 5.45. The molecule has 1 aromatic heterocycles. The van der Waals surface area contributed by atoms with E-state index in [0.717, 1.165) is 6.07 Å². The number of aliphatic hydroxyl groups excluding tert-OH is 2. The van der Waals surface area contributed by atoms with E-state index in [1.165, 1.54) is 9.80 Å². The molecule has 0 fully saturated rings. The lowest BCUT2D eigenvalue weighted by molar-refractivity contribution is -0.141. The minimum Gasteiger partial charge on any atom is -0.396 e. The normalized spacial score (nSPS) is 11.6. The van der Waals surface area contributed by atoms with Gasteiger partial charge in [-0.15, -0.1) is 0 Å². The molecule has 0 aromatic carbocycles. The largest absolute Gasteiger partial charge is 0.433 e. The van der Waals surface area contributed by atoms with Crippen LogP contribution in [0, 0.1) is 0 Å². The summed E-state index contributed by atoms with van der Waals surface area (Å²) in [6, 6.07) is 0.868. The lowest BCUT2D eigenvalue weighted by Gasteiger charge is -2.24. The van der Waals surface area contributed by atoms with E-state index in [1.807, 2.05) is 0 Å². The first-order chi connectivity index (χ1) is 9.79. The molecule has 0 aliphatic rings. The second-order valence-electron chi connectivity index (χ2n) is 4.59. The standard InChI is InChI=1S/C12H19F3N4O2/c1-18(2)10-8-9(12(13,14)15)16-11(17-10)19(5-7-21)4-3-6-20/h8,20-21H,3-7H2,1-2H3. The molecule has 0 amide bonds. The maximum atomic E-state index is 12.9. The molecule has 0 aliphatic carbocycles. The van der Waals surface area contributed by atoms with E-state index in [2.05, 4.69) is 9.97 Å². The minimum atomic E-state index is -4.58. The summed E-state index contributed by atoms with van der Waals surface area (Å²) in [5.41, 5.74) is -1.04. The Kier molecular flexibility index (Phi) is 6.16. The van der Waals surface area contributed by atoms with Gasteiger partial charge in [0.05, 0.1) is 6.61 Å². The molecule has 9 heteroatoms. The number of rotatable bonds is 7. The summed E-state index contributed by atoms with van der Waals surface area (Å²) in [6.07, 6.45) is -4.23. The molecule has 0 unspecified atom stereocenters. The van der Waals surface area contributed by atoms with Crippen molar-refractivity contribution in [2.24, 2.45) is 0 Å². The van der Waals surface area contributed by atoms with Gasteiger partial charge in [0.25, 0.3) is 0 Å². The predicted molar refractivity (Wildman–Crippen MR) is 72.4 cm³/mol. The fourth-order valence-corrected chi connectivity index (χ4v) is 1.63. The number of hydrogen-bond acceptors (Lipinski definition) is 6. The number of nitrogens with zero attached hydrogens (tertiary/aromatic N) is 4. The van der Waals surface area contributed by atoms with Crippen LogP contribution in [0.25, 0.3) is 0 Å². The summed E-state index contributed by atoms with van der Waals surface area (Å²) in [5, 5.41) is 17.9. The van der Waals surface area contributed by atoms with Crippen molar-refractivity contribution in [3.05, 3.63) is 11.8 Å². The molecule has 1 heterocycles. The van der Waals surface area contributed by atoms with Gasteiger partial charge < -0.3 is 20.0 Å². The molecular formula is C12H19F3N4O2. The van der Waals surface area contributed by atoms with Gasteiger partial charge in [-0.3, -0.25) is 0 Å². The Labute approximate surface area is 120 Å². The molecule has 2 N–H and O–H groups in total. The van der Waals surface area contributed by atoms with Crippen LogP contribution in [-0.2, 0) is 6.18 Å². The minimum absolute atomic E-state index is 0.0914. The number of halogens is 3. The molecule has 0 radical (unpaired) electrons. The quantitative estimate of drug-likeness (QED) is 0.774. The summed E-state index contributed by atoms with van der Waals surface area (Å²) in [7, 11) is 3.16. The zero-order valence-electron chi connectivity index (χ0n) is 11.9. The third-order valence-corrected chi connectivity index (χ3v) is 2.69. The van der Waals surface area contributed by atoms with Crippen LogP contribution in [0.1, 0.15) is 12.1 Å². The summed E-state index contributed by atoms with van der Waals surface area (Å²) < 4.78 is 38.7. The molecular weight excluding hydrogens is 289 g/mol. The highest BCUT2D eigenvalue weighted by Gasteiger charge is 2.34. The zero-order chi connectivity index (χ0) is 16.0. The second-order valence-corrected chi connectivity index (χ2v) is 4.59. The molecule has 0 saturated heterocycles. The molecule has 1 aromatic rings. The van der Waals surface area contributed by atoms with Gasteiger partial charge in [0, 0.05) is 39.9 Å². The Bertz CT molecular complexity index is 455. The van der Waals surface area contributed by atoms with Crippen molar-refractivity contribution in [2.75, 3.05) is 50.2 Å².